The zero-order valence-corrected chi connectivity index (χ0v) is 7.73. The number of hydrogen-bond acceptors (Lipinski definition) is 3. The lowest BCUT2D eigenvalue weighted by Gasteiger charge is -2.17. The lowest BCUT2D eigenvalue weighted by molar-refractivity contribution is -0.145. The Morgan fingerprint density at radius 3 is 2.57 bits per heavy atom. The second-order valence-electron chi connectivity index (χ2n) is 2.61. The summed E-state index contributed by atoms with van der Waals surface area (Å²) in [6, 6.07) is 3.52. The number of carbonyl (C=O) groups excluding carboxylic acids is 1. The average molecular weight is 196 g/mol. The third kappa shape index (κ3) is 2.25. The number of carbonyl (C=O) groups is 1. The molecule has 1 aromatic heterocycles. The first-order chi connectivity index (χ1) is 6.65. The molecule has 0 fully saturated rings. The fraction of sp³-hybridized carbons (Fsp3) is 0.250. The minimum Gasteiger partial charge on any atom is -0.466 e. The van der Waals surface area contributed by atoms with Crippen LogP contribution in [0.1, 0.15) is 6.17 Å². The molecule has 6 heteroatoms. The van der Waals surface area contributed by atoms with Gasteiger partial charge in [-0.1, -0.05) is 0 Å². The van der Waals surface area contributed by atoms with Gasteiger partial charge in [-0.2, -0.15) is 0 Å². The molecule has 0 aliphatic rings. The van der Waals surface area contributed by atoms with Crippen LogP contribution >= 0.6 is 0 Å². The van der Waals surface area contributed by atoms with Crippen LogP contribution in [0.15, 0.2) is 24.5 Å². The first-order valence-corrected chi connectivity index (χ1v) is 3.96. The zero-order valence-electron chi connectivity index (χ0n) is 7.73. The fourth-order valence-electron chi connectivity index (χ4n) is 1.03. The van der Waals surface area contributed by atoms with E-state index in [2.05, 4.69) is 10.1 Å². The van der Waals surface area contributed by atoms with Gasteiger partial charge in [-0.25, -0.2) is 4.79 Å². The molecule has 0 spiro atoms. The van der Waals surface area contributed by atoms with Crippen molar-refractivity contribution in [1.29, 1.82) is 5.41 Å². The topological polar surface area (TPSA) is 93.1 Å². The molecule has 0 aromatic carbocycles. The maximum absolute atomic E-state index is 11.3. The molecule has 1 rings (SSSR count). The molecule has 4 N–H and O–H groups in total. The zero-order chi connectivity index (χ0) is 10.6. The van der Waals surface area contributed by atoms with E-state index in [-0.39, 0.29) is 5.96 Å². The van der Waals surface area contributed by atoms with E-state index >= 15 is 0 Å². The molecule has 1 unspecified atom stereocenters. The third-order valence-corrected chi connectivity index (χ3v) is 1.64. The summed E-state index contributed by atoms with van der Waals surface area (Å²) in [5.74, 6) is -0.787. The number of aromatic nitrogens is 1. The molecule has 1 atom stereocenters. The van der Waals surface area contributed by atoms with Crippen molar-refractivity contribution in [2.24, 2.45) is 5.73 Å². The molecule has 76 valence electrons. The molecule has 0 aliphatic carbocycles. The van der Waals surface area contributed by atoms with Crippen molar-refractivity contribution in [2.75, 3.05) is 7.11 Å². The summed E-state index contributed by atoms with van der Waals surface area (Å²) in [7, 11) is 1.28. The van der Waals surface area contributed by atoms with E-state index in [0.29, 0.717) is 0 Å². The molecule has 6 nitrogen and oxygen atoms in total. The maximum Gasteiger partial charge on any atom is 0.349 e. The Kier molecular flexibility index (Phi) is 3.11. The second-order valence-corrected chi connectivity index (χ2v) is 2.61. The number of hydrogen-bond donors (Lipinski definition) is 3. The molecular weight excluding hydrogens is 184 g/mol. The van der Waals surface area contributed by atoms with E-state index in [1.807, 2.05) is 0 Å². The number of methoxy groups -OCH3 is 1. The quantitative estimate of drug-likeness (QED) is 0.349. The number of rotatable bonds is 3. The second kappa shape index (κ2) is 4.31. The monoisotopic (exact) mass is 196 g/mol. The number of esters is 1. The van der Waals surface area contributed by atoms with Crippen molar-refractivity contribution in [3.05, 3.63) is 24.5 Å². The number of guanidine groups is 1. The van der Waals surface area contributed by atoms with Gasteiger partial charge in [0.25, 0.3) is 0 Å². The summed E-state index contributed by atoms with van der Waals surface area (Å²) < 4.78 is 6.13. The van der Waals surface area contributed by atoms with Crippen molar-refractivity contribution in [2.45, 2.75) is 6.17 Å². The highest BCUT2D eigenvalue weighted by molar-refractivity contribution is 5.82. The van der Waals surface area contributed by atoms with Gasteiger partial charge in [0.15, 0.2) is 5.96 Å². The Hall–Kier alpha value is -1.98. The standard InChI is InChI=1S/C8H12N4O2/c1-14-7(13)6(11-8(9)10)12-4-2-3-5-12/h2-6H,1H3,(H4,9,10,11). The summed E-state index contributed by atoms with van der Waals surface area (Å²) in [4.78, 5) is 11.3. The summed E-state index contributed by atoms with van der Waals surface area (Å²) >= 11 is 0. The van der Waals surface area contributed by atoms with Crippen LogP contribution in [0, 0.1) is 5.41 Å². The van der Waals surface area contributed by atoms with Gasteiger partial charge < -0.3 is 20.4 Å². The highest BCUT2D eigenvalue weighted by atomic mass is 16.5. The Labute approximate surface area is 81.2 Å². The molecule has 1 aromatic rings. The van der Waals surface area contributed by atoms with E-state index in [4.69, 9.17) is 11.1 Å². The van der Waals surface area contributed by atoms with Crippen molar-refractivity contribution >= 4 is 11.9 Å². The number of nitrogens with zero attached hydrogens (tertiary/aromatic N) is 1. The van der Waals surface area contributed by atoms with E-state index < -0.39 is 12.1 Å². The molecule has 1 heterocycles. The third-order valence-electron chi connectivity index (χ3n) is 1.64. The van der Waals surface area contributed by atoms with Gasteiger partial charge in [-0.05, 0) is 12.1 Å². The van der Waals surface area contributed by atoms with E-state index in [1.54, 1.807) is 29.1 Å². The minimum absolute atomic E-state index is 0.283. The van der Waals surface area contributed by atoms with Gasteiger partial charge in [-0.3, -0.25) is 5.41 Å². The highest BCUT2D eigenvalue weighted by Crippen LogP contribution is 2.04. The van der Waals surface area contributed by atoms with Crippen LogP contribution in [0.3, 0.4) is 0 Å². The van der Waals surface area contributed by atoms with Crippen LogP contribution in [-0.4, -0.2) is 23.6 Å². The largest absolute Gasteiger partial charge is 0.466 e. The van der Waals surface area contributed by atoms with Crippen LogP contribution in [0.4, 0.5) is 0 Å². The van der Waals surface area contributed by atoms with Crippen LogP contribution < -0.4 is 11.1 Å². The average Bonchev–Trinajstić information content (AvgIpc) is 2.65. The molecule has 0 saturated heterocycles. The predicted octanol–water partition coefficient (Wildman–Crippen LogP) is -0.357. The van der Waals surface area contributed by atoms with Crippen LogP contribution in [0.5, 0.6) is 0 Å². The number of nitrogens with one attached hydrogen (secondary N) is 2. The Morgan fingerprint density at radius 2 is 2.14 bits per heavy atom. The van der Waals surface area contributed by atoms with Gasteiger partial charge in [0.2, 0.25) is 6.17 Å². The summed E-state index contributed by atoms with van der Waals surface area (Å²) in [5, 5.41) is 9.52. The smallest absolute Gasteiger partial charge is 0.349 e. The first-order valence-electron chi connectivity index (χ1n) is 3.96. The van der Waals surface area contributed by atoms with Crippen molar-refractivity contribution in [1.82, 2.24) is 9.88 Å². The van der Waals surface area contributed by atoms with Crippen molar-refractivity contribution < 1.29 is 9.53 Å². The Bertz CT molecular complexity index is 320. The Balaban J connectivity index is 2.82. The van der Waals surface area contributed by atoms with Gasteiger partial charge in [0.05, 0.1) is 7.11 Å². The molecule has 0 bridgehead atoms. The number of ether oxygens (including phenoxy) is 1. The summed E-state index contributed by atoms with van der Waals surface area (Å²) in [5.41, 5.74) is 5.14. The molecule has 0 radical (unpaired) electrons. The SMILES string of the molecule is COC(=O)C(NC(=N)N)n1cccc1. The van der Waals surface area contributed by atoms with Crippen LogP contribution in [0.2, 0.25) is 0 Å². The van der Waals surface area contributed by atoms with Crippen LogP contribution in [-0.2, 0) is 9.53 Å². The normalized spacial score (nSPS) is 11.8. The maximum atomic E-state index is 11.3. The molecule has 0 amide bonds. The lowest BCUT2D eigenvalue weighted by atomic mass is 10.5. The lowest BCUT2D eigenvalue weighted by Crippen LogP contribution is -2.41. The summed E-state index contributed by atoms with van der Waals surface area (Å²) in [6.45, 7) is 0. The van der Waals surface area contributed by atoms with Gasteiger partial charge >= 0.3 is 5.97 Å². The van der Waals surface area contributed by atoms with Gasteiger partial charge in [-0.15, -0.1) is 0 Å². The van der Waals surface area contributed by atoms with E-state index in [1.165, 1.54) is 7.11 Å². The van der Waals surface area contributed by atoms with Crippen molar-refractivity contribution in [3.8, 4) is 0 Å². The van der Waals surface area contributed by atoms with E-state index in [0.717, 1.165) is 0 Å². The van der Waals surface area contributed by atoms with Crippen LogP contribution in [0.25, 0.3) is 0 Å². The summed E-state index contributed by atoms with van der Waals surface area (Å²) in [6.07, 6.45) is 2.57. The first kappa shape index (κ1) is 10.1. The molecular formula is C8H12N4O2. The molecule has 0 saturated carbocycles. The van der Waals surface area contributed by atoms with Crippen molar-refractivity contribution in [3.63, 3.8) is 0 Å². The Morgan fingerprint density at radius 1 is 1.57 bits per heavy atom. The molecule has 14 heavy (non-hydrogen) atoms. The van der Waals surface area contributed by atoms with Gasteiger partial charge in [0, 0.05) is 12.4 Å². The highest BCUT2D eigenvalue weighted by Gasteiger charge is 2.19. The van der Waals surface area contributed by atoms with E-state index in [9.17, 15) is 4.79 Å². The number of nitrogens with two attached hydrogens (primary N) is 1. The fourth-order valence-corrected chi connectivity index (χ4v) is 1.03. The predicted molar refractivity (Wildman–Crippen MR) is 50.5 cm³/mol. The minimum atomic E-state index is -0.785. The molecule has 0 aliphatic heterocycles. The van der Waals surface area contributed by atoms with Gasteiger partial charge in [0.1, 0.15) is 0 Å².